The van der Waals surface area contributed by atoms with Gasteiger partial charge in [0.25, 0.3) is 11.8 Å². The summed E-state index contributed by atoms with van der Waals surface area (Å²) in [6, 6.07) is 14.6. The topological polar surface area (TPSA) is 96.9 Å². The zero-order valence-electron chi connectivity index (χ0n) is 15.0. The van der Waals surface area contributed by atoms with Gasteiger partial charge in [-0.05, 0) is 23.8 Å². The van der Waals surface area contributed by atoms with Crippen LogP contribution in [-0.4, -0.2) is 34.0 Å². The van der Waals surface area contributed by atoms with Crippen LogP contribution in [0.15, 0.2) is 60.9 Å². The number of carbonyl (C=O) groups excluding carboxylic acids is 2. The molecule has 7 nitrogen and oxygen atoms in total. The molecule has 2 N–H and O–H groups in total. The van der Waals surface area contributed by atoms with Crippen LogP contribution in [-0.2, 0) is 0 Å². The Bertz CT molecular complexity index is 945. The van der Waals surface area contributed by atoms with Gasteiger partial charge in [0.1, 0.15) is 5.69 Å². The summed E-state index contributed by atoms with van der Waals surface area (Å²) in [5.74, 6) is -0.779. The van der Waals surface area contributed by atoms with Crippen LogP contribution in [0, 0.1) is 0 Å². The Labute approximate surface area is 156 Å². The third-order valence-corrected chi connectivity index (χ3v) is 4.15. The number of amides is 2. The van der Waals surface area contributed by atoms with E-state index in [0.717, 1.165) is 5.56 Å². The molecule has 0 aliphatic rings. The van der Waals surface area contributed by atoms with Crippen molar-refractivity contribution in [2.45, 2.75) is 12.8 Å². The Kier molecular flexibility index (Phi) is 5.51. The molecule has 0 aliphatic carbocycles. The van der Waals surface area contributed by atoms with Gasteiger partial charge >= 0.3 is 0 Å². The average molecular weight is 361 g/mol. The molecule has 0 bridgehead atoms. The molecule has 7 heteroatoms. The van der Waals surface area contributed by atoms with Crippen molar-refractivity contribution in [1.82, 2.24) is 20.5 Å². The Morgan fingerprint density at radius 3 is 2.44 bits per heavy atom. The lowest BCUT2D eigenvalue weighted by atomic mass is 9.96. The van der Waals surface area contributed by atoms with Crippen LogP contribution in [0.5, 0.6) is 0 Å². The summed E-state index contributed by atoms with van der Waals surface area (Å²) in [7, 11) is 1.53. The maximum absolute atomic E-state index is 12.7. The smallest absolute Gasteiger partial charge is 0.269 e. The third kappa shape index (κ3) is 4.33. The molecule has 0 spiro atoms. The van der Waals surface area contributed by atoms with E-state index in [1.165, 1.54) is 25.5 Å². The standard InChI is InChI=1S/C20H19N5O2/c1-13(14-6-4-3-5-7-14)17-10-15(11-18(25-17)20(27)21-2)19(26)24-16-8-9-22-23-12-16/h3-13H,1-2H3,(H,21,27)(H,22,24,26). The van der Waals surface area contributed by atoms with Crippen molar-refractivity contribution in [2.24, 2.45) is 0 Å². The molecular formula is C20H19N5O2. The van der Waals surface area contributed by atoms with Crippen LogP contribution in [0.3, 0.4) is 0 Å². The minimum absolute atomic E-state index is 0.0788. The normalized spacial score (nSPS) is 11.5. The lowest BCUT2D eigenvalue weighted by Crippen LogP contribution is -2.22. The minimum atomic E-state index is -0.350. The highest BCUT2D eigenvalue weighted by molar-refractivity contribution is 6.05. The van der Waals surface area contributed by atoms with Crippen molar-refractivity contribution in [3.63, 3.8) is 0 Å². The molecule has 0 saturated heterocycles. The highest BCUT2D eigenvalue weighted by Gasteiger charge is 2.18. The van der Waals surface area contributed by atoms with Crippen molar-refractivity contribution in [3.8, 4) is 0 Å². The summed E-state index contributed by atoms with van der Waals surface area (Å²) in [4.78, 5) is 29.3. The van der Waals surface area contributed by atoms with E-state index in [2.05, 4.69) is 25.8 Å². The summed E-state index contributed by atoms with van der Waals surface area (Å²) in [6.07, 6.45) is 2.94. The summed E-state index contributed by atoms with van der Waals surface area (Å²) in [5, 5.41) is 12.7. The highest BCUT2D eigenvalue weighted by atomic mass is 16.2. The quantitative estimate of drug-likeness (QED) is 0.728. The summed E-state index contributed by atoms with van der Waals surface area (Å²) in [5.41, 5.74) is 2.74. The average Bonchev–Trinajstić information content (AvgIpc) is 2.73. The monoisotopic (exact) mass is 361 g/mol. The Morgan fingerprint density at radius 2 is 1.78 bits per heavy atom. The second-order valence-corrected chi connectivity index (χ2v) is 5.96. The van der Waals surface area contributed by atoms with E-state index in [9.17, 15) is 9.59 Å². The van der Waals surface area contributed by atoms with Crippen LogP contribution in [0.25, 0.3) is 0 Å². The van der Waals surface area contributed by atoms with Crippen molar-refractivity contribution >= 4 is 17.5 Å². The molecule has 1 unspecified atom stereocenters. The number of carbonyl (C=O) groups is 2. The zero-order chi connectivity index (χ0) is 19.2. The molecule has 136 valence electrons. The first-order chi connectivity index (χ1) is 13.1. The van der Waals surface area contributed by atoms with Crippen molar-refractivity contribution in [3.05, 3.63) is 83.4 Å². The number of nitrogens with one attached hydrogen (secondary N) is 2. The fourth-order valence-electron chi connectivity index (χ4n) is 2.63. The number of rotatable bonds is 5. The van der Waals surface area contributed by atoms with Crippen LogP contribution in [0.4, 0.5) is 5.69 Å². The van der Waals surface area contributed by atoms with Crippen LogP contribution >= 0.6 is 0 Å². The first-order valence-electron chi connectivity index (χ1n) is 8.45. The fraction of sp³-hybridized carbons (Fsp3) is 0.150. The number of anilines is 1. The Morgan fingerprint density at radius 1 is 1.00 bits per heavy atom. The molecule has 0 fully saturated rings. The van der Waals surface area contributed by atoms with Crippen molar-refractivity contribution in [1.29, 1.82) is 0 Å². The first kappa shape index (κ1) is 18.2. The van der Waals surface area contributed by atoms with Gasteiger partial charge in [0, 0.05) is 24.2 Å². The van der Waals surface area contributed by atoms with E-state index >= 15 is 0 Å². The fourth-order valence-corrected chi connectivity index (χ4v) is 2.63. The highest BCUT2D eigenvalue weighted by Crippen LogP contribution is 2.24. The molecule has 2 amide bonds. The molecule has 2 heterocycles. The summed E-state index contributed by atoms with van der Waals surface area (Å²) >= 11 is 0. The molecule has 0 saturated carbocycles. The zero-order valence-corrected chi connectivity index (χ0v) is 15.0. The van der Waals surface area contributed by atoms with Gasteiger partial charge in [0.15, 0.2) is 0 Å². The summed E-state index contributed by atoms with van der Waals surface area (Å²) < 4.78 is 0. The van der Waals surface area contributed by atoms with Crippen molar-refractivity contribution in [2.75, 3.05) is 12.4 Å². The minimum Gasteiger partial charge on any atom is -0.354 e. The lowest BCUT2D eigenvalue weighted by molar-refractivity contribution is 0.0958. The molecule has 2 aromatic heterocycles. The van der Waals surface area contributed by atoms with E-state index in [-0.39, 0.29) is 23.4 Å². The van der Waals surface area contributed by atoms with E-state index in [1.807, 2.05) is 37.3 Å². The van der Waals surface area contributed by atoms with Gasteiger partial charge in [-0.15, -0.1) is 0 Å². The molecule has 3 rings (SSSR count). The van der Waals surface area contributed by atoms with Gasteiger partial charge < -0.3 is 10.6 Å². The second-order valence-electron chi connectivity index (χ2n) is 5.96. The Hall–Kier alpha value is -3.61. The van der Waals surface area contributed by atoms with Gasteiger partial charge in [0.2, 0.25) is 0 Å². The molecular weight excluding hydrogens is 342 g/mol. The number of aromatic nitrogens is 3. The van der Waals surface area contributed by atoms with Gasteiger partial charge in [-0.25, -0.2) is 4.98 Å². The number of hydrogen-bond donors (Lipinski definition) is 2. The van der Waals surface area contributed by atoms with E-state index in [4.69, 9.17) is 0 Å². The molecule has 27 heavy (non-hydrogen) atoms. The third-order valence-electron chi connectivity index (χ3n) is 4.15. The van der Waals surface area contributed by atoms with Crippen LogP contribution in [0.2, 0.25) is 0 Å². The van der Waals surface area contributed by atoms with Gasteiger partial charge in [-0.3, -0.25) is 9.59 Å². The largest absolute Gasteiger partial charge is 0.354 e. The van der Waals surface area contributed by atoms with Crippen molar-refractivity contribution < 1.29 is 9.59 Å². The Balaban J connectivity index is 1.98. The maximum atomic E-state index is 12.7. The molecule has 0 radical (unpaired) electrons. The SMILES string of the molecule is CNC(=O)c1cc(C(=O)Nc2ccnnc2)cc(C(C)c2ccccc2)n1. The van der Waals surface area contributed by atoms with Gasteiger partial charge in [-0.2, -0.15) is 10.2 Å². The predicted octanol–water partition coefficient (Wildman–Crippen LogP) is 2.64. The number of benzene rings is 1. The molecule has 0 aliphatic heterocycles. The predicted molar refractivity (Wildman–Crippen MR) is 102 cm³/mol. The van der Waals surface area contributed by atoms with Gasteiger partial charge in [0.05, 0.1) is 18.1 Å². The molecule has 1 aromatic carbocycles. The molecule has 3 aromatic rings. The lowest BCUT2D eigenvalue weighted by Gasteiger charge is -2.14. The summed E-state index contributed by atoms with van der Waals surface area (Å²) in [6.45, 7) is 1.99. The van der Waals surface area contributed by atoms with E-state index in [1.54, 1.807) is 12.1 Å². The van der Waals surface area contributed by atoms with E-state index < -0.39 is 0 Å². The van der Waals surface area contributed by atoms with Crippen LogP contribution < -0.4 is 10.6 Å². The van der Waals surface area contributed by atoms with Gasteiger partial charge in [-0.1, -0.05) is 37.3 Å². The number of nitrogens with zero attached hydrogens (tertiary/aromatic N) is 3. The molecule has 1 atom stereocenters. The van der Waals surface area contributed by atoms with E-state index in [0.29, 0.717) is 16.9 Å². The first-order valence-corrected chi connectivity index (χ1v) is 8.45. The number of hydrogen-bond acceptors (Lipinski definition) is 5. The second kappa shape index (κ2) is 8.18. The maximum Gasteiger partial charge on any atom is 0.269 e. The van der Waals surface area contributed by atoms with Crippen LogP contribution in [0.1, 0.15) is 44.9 Å². The number of pyridine rings is 1.